The molecule has 0 saturated carbocycles. The Labute approximate surface area is 214 Å². The van der Waals surface area contributed by atoms with E-state index < -0.39 is 48.0 Å². The number of phenolic OH excluding ortho intramolecular Hbond substituents is 1. The fourth-order valence-corrected chi connectivity index (χ4v) is 4.41. The van der Waals surface area contributed by atoms with Crippen LogP contribution in [0.4, 0.5) is 26.3 Å². The van der Waals surface area contributed by atoms with Crippen LogP contribution in [0.1, 0.15) is 48.6 Å². The van der Waals surface area contributed by atoms with E-state index in [2.05, 4.69) is 4.98 Å². The van der Waals surface area contributed by atoms with Crippen LogP contribution in [0.3, 0.4) is 0 Å². The van der Waals surface area contributed by atoms with E-state index in [1.807, 2.05) is 26.8 Å². The van der Waals surface area contributed by atoms with Gasteiger partial charge in [-0.05, 0) is 52.4 Å². The summed E-state index contributed by atoms with van der Waals surface area (Å²) in [5, 5.41) is 10.8. The fraction of sp³-hybridized carbons (Fsp3) is 0.333. The van der Waals surface area contributed by atoms with Crippen molar-refractivity contribution in [3.8, 4) is 22.8 Å². The van der Waals surface area contributed by atoms with E-state index in [1.165, 1.54) is 12.3 Å². The lowest BCUT2D eigenvalue weighted by atomic mass is 9.80. The first-order chi connectivity index (χ1) is 17.6. The van der Waals surface area contributed by atoms with Gasteiger partial charge in [-0.25, -0.2) is 4.98 Å². The third-order valence-corrected chi connectivity index (χ3v) is 6.19. The van der Waals surface area contributed by atoms with Gasteiger partial charge < -0.3 is 14.7 Å². The summed E-state index contributed by atoms with van der Waals surface area (Å²) in [6, 6.07) is 7.88. The molecule has 0 fully saturated rings. The molecule has 1 aromatic heterocycles. The number of phenols is 1. The Morgan fingerprint density at radius 3 is 2.18 bits per heavy atom. The van der Waals surface area contributed by atoms with E-state index in [0.29, 0.717) is 28.8 Å². The Morgan fingerprint density at radius 1 is 0.974 bits per heavy atom. The first-order valence-corrected chi connectivity index (χ1v) is 11.6. The summed E-state index contributed by atoms with van der Waals surface area (Å²) in [4.78, 5) is 18.2. The van der Waals surface area contributed by atoms with E-state index in [-0.39, 0.29) is 29.8 Å². The molecule has 4 rings (SSSR count). The number of pyridine rings is 1. The zero-order valence-electron chi connectivity index (χ0n) is 20.7. The summed E-state index contributed by atoms with van der Waals surface area (Å²) in [6.07, 6.45) is -8.59. The van der Waals surface area contributed by atoms with Crippen molar-refractivity contribution in [3.05, 3.63) is 76.5 Å². The van der Waals surface area contributed by atoms with E-state index in [0.717, 1.165) is 10.5 Å². The minimum atomic E-state index is -5.01. The molecule has 1 N–H and O–H groups in total. The van der Waals surface area contributed by atoms with Crippen molar-refractivity contribution in [2.45, 2.75) is 51.6 Å². The van der Waals surface area contributed by atoms with Crippen LogP contribution in [-0.2, 0) is 35.7 Å². The van der Waals surface area contributed by atoms with Gasteiger partial charge in [0.2, 0.25) is 5.88 Å². The van der Waals surface area contributed by atoms with Gasteiger partial charge in [0.05, 0.1) is 17.7 Å². The summed E-state index contributed by atoms with van der Waals surface area (Å²) in [6.45, 7) is 4.58. The average Bonchev–Trinajstić information content (AvgIpc) is 2.96. The predicted octanol–water partition coefficient (Wildman–Crippen LogP) is 6.71. The standard InChI is InChI=1S/C27H24F6N2O3/c1-25(2,3)20-5-4-6-21(36)23(20)18-7-8-34-24-19(18)13-35(22(37)14-38-24)12-15-9-16(26(28,29)30)11-17(10-15)27(31,32)33/h4-11,36H,12-14H2,1-3H3. The quantitative estimate of drug-likeness (QED) is 0.377. The van der Waals surface area contributed by atoms with E-state index >= 15 is 0 Å². The number of amides is 1. The zero-order valence-corrected chi connectivity index (χ0v) is 20.7. The number of carbonyl (C=O) groups excluding carboxylic acids is 1. The molecule has 202 valence electrons. The molecular formula is C27H24F6N2O3. The first kappa shape index (κ1) is 27.3. The number of alkyl halides is 6. The Kier molecular flexibility index (Phi) is 6.83. The molecule has 2 heterocycles. The Balaban J connectivity index is 1.80. The number of hydrogen-bond acceptors (Lipinski definition) is 4. The maximum Gasteiger partial charge on any atom is 0.416 e. The zero-order chi connectivity index (χ0) is 28.0. The summed E-state index contributed by atoms with van der Waals surface area (Å²) in [5.74, 6) is -0.602. The Bertz CT molecular complexity index is 1340. The lowest BCUT2D eigenvalue weighted by Crippen LogP contribution is -2.32. The molecule has 0 saturated heterocycles. The molecule has 1 aliphatic heterocycles. The van der Waals surface area contributed by atoms with E-state index in [1.54, 1.807) is 12.1 Å². The second-order valence-corrected chi connectivity index (χ2v) is 10.0. The molecule has 0 unspecified atom stereocenters. The van der Waals surface area contributed by atoms with Gasteiger partial charge in [-0.15, -0.1) is 0 Å². The van der Waals surface area contributed by atoms with Crippen LogP contribution in [0.25, 0.3) is 11.1 Å². The second kappa shape index (κ2) is 9.52. The number of nitrogens with zero attached hydrogens (tertiary/aromatic N) is 2. The smallest absolute Gasteiger partial charge is 0.416 e. The van der Waals surface area contributed by atoms with Crippen molar-refractivity contribution in [3.63, 3.8) is 0 Å². The van der Waals surface area contributed by atoms with Gasteiger partial charge in [-0.1, -0.05) is 32.9 Å². The number of fused-ring (bicyclic) bond motifs is 1. The lowest BCUT2D eigenvalue weighted by Gasteiger charge is -2.26. The normalized spacial score (nSPS) is 14.7. The van der Waals surface area contributed by atoms with Gasteiger partial charge in [0.15, 0.2) is 6.61 Å². The third-order valence-electron chi connectivity index (χ3n) is 6.19. The maximum atomic E-state index is 13.4. The van der Waals surface area contributed by atoms with Crippen LogP contribution in [0.5, 0.6) is 11.6 Å². The van der Waals surface area contributed by atoms with Crippen LogP contribution in [0.2, 0.25) is 0 Å². The van der Waals surface area contributed by atoms with Crippen LogP contribution in [-0.4, -0.2) is 27.5 Å². The number of aromatic hydroxyl groups is 1. The predicted molar refractivity (Wildman–Crippen MR) is 126 cm³/mol. The van der Waals surface area contributed by atoms with Gasteiger partial charge in [0.25, 0.3) is 5.91 Å². The van der Waals surface area contributed by atoms with Crippen LogP contribution >= 0.6 is 0 Å². The number of hydrogen-bond donors (Lipinski definition) is 1. The molecule has 5 nitrogen and oxygen atoms in total. The number of ether oxygens (including phenoxy) is 1. The molecule has 1 aliphatic rings. The van der Waals surface area contributed by atoms with Crippen molar-refractivity contribution < 1.29 is 41.0 Å². The molecular weight excluding hydrogens is 514 g/mol. The summed E-state index contributed by atoms with van der Waals surface area (Å²) in [5.41, 5.74) is -1.58. The molecule has 3 aromatic rings. The van der Waals surface area contributed by atoms with Crippen molar-refractivity contribution in [1.29, 1.82) is 0 Å². The number of carbonyl (C=O) groups is 1. The van der Waals surface area contributed by atoms with E-state index in [4.69, 9.17) is 4.74 Å². The minimum Gasteiger partial charge on any atom is -0.507 e. The summed E-state index contributed by atoms with van der Waals surface area (Å²) >= 11 is 0. The molecule has 0 aliphatic carbocycles. The molecule has 2 aromatic carbocycles. The molecule has 0 atom stereocenters. The van der Waals surface area contributed by atoms with Gasteiger partial charge in [0.1, 0.15) is 5.75 Å². The molecule has 0 spiro atoms. The number of aromatic nitrogens is 1. The molecule has 38 heavy (non-hydrogen) atoms. The monoisotopic (exact) mass is 538 g/mol. The van der Waals surface area contributed by atoms with Gasteiger partial charge in [-0.3, -0.25) is 4.79 Å². The summed E-state index contributed by atoms with van der Waals surface area (Å²) in [7, 11) is 0. The first-order valence-electron chi connectivity index (χ1n) is 11.6. The molecule has 0 radical (unpaired) electrons. The highest BCUT2D eigenvalue weighted by Crippen LogP contribution is 2.43. The van der Waals surface area contributed by atoms with Gasteiger partial charge in [0, 0.05) is 23.9 Å². The Morgan fingerprint density at radius 2 is 1.61 bits per heavy atom. The summed E-state index contributed by atoms with van der Waals surface area (Å²) < 4.78 is 85.8. The SMILES string of the molecule is CC(C)(C)c1cccc(O)c1-c1ccnc2c1CN(Cc1cc(C(F)(F)F)cc(C(F)(F)F)c1)C(=O)CO2. The van der Waals surface area contributed by atoms with Crippen molar-refractivity contribution >= 4 is 5.91 Å². The number of rotatable bonds is 3. The lowest BCUT2D eigenvalue weighted by molar-refractivity contribution is -0.143. The van der Waals surface area contributed by atoms with Gasteiger partial charge in [-0.2, -0.15) is 26.3 Å². The number of halogens is 6. The van der Waals surface area contributed by atoms with Crippen LogP contribution in [0, 0.1) is 0 Å². The largest absolute Gasteiger partial charge is 0.507 e. The van der Waals surface area contributed by atoms with Crippen molar-refractivity contribution in [1.82, 2.24) is 9.88 Å². The highest BCUT2D eigenvalue weighted by molar-refractivity contribution is 5.82. The fourth-order valence-electron chi connectivity index (χ4n) is 4.41. The third kappa shape index (κ3) is 5.56. The second-order valence-electron chi connectivity index (χ2n) is 10.0. The van der Waals surface area contributed by atoms with Crippen molar-refractivity contribution in [2.75, 3.05) is 6.61 Å². The number of benzene rings is 2. The van der Waals surface area contributed by atoms with Crippen LogP contribution < -0.4 is 4.74 Å². The molecule has 1 amide bonds. The maximum absolute atomic E-state index is 13.4. The molecule has 11 heteroatoms. The Hall–Kier alpha value is -3.76. The van der Waals surface area contributed by atoms with Crippen LogP contribution in [0.15, 0.2) is 48.7 Å². The molecule has 0 bridgehead atoms. The highest BCUT2D eigenvalue weighted by atomic mass is 19.4. The average molecular weight is 538 g/mol. The van der Waals surface area contributed by atoms with Gasteiger partial charge >= 0.3 is 12.4 Å². The van der Waals surface area contributed by atoms with Crippen molar-refractivity contribution in [2.24, 2.45) is 0 Å². The topological polar surface area (TPSA) is 62.7 Å². The minimum absolute atomic E-state index is 0.0411. The van der Waals surface area contributed by atoms with E-state index in [9.17, 15) is 36.2 Å². The highest BCUT2D eigenvalue weighted by Gasteiger charge is 2.37.